The summed E-state index contributed by atoms with van der Waals surface area (Å²) in [5, 5.41) is 9.70. The van der Waals surface area contributed by atoms with Crippen molar-refractivity contribution < 1.29 is 23.4 Å². The van der Waals surface area contributed by atoms with Crippen LogP contribution >= 0.6 is 0 Å². The number of amides is 1. The third-order valence-corrected chi connectivity index (χ3v) is 2.89. The molecule has 0 bridgehead atoms. The lowest BCUT2D eigenvalue weighted by Crippen LogP contribution is -2.32. The molecule has 0 fully saturated rings. The summed E-state index contributed by atoms with van der Waals surface area (Å²) in [4.78, 5) is 24.1. The molecule has 0 radical (unpaired) electrons. The van der Waals surface area contributed by atoms with Crippen molar-refractivity contribution in [2.45, 2.75) is 33.3 Å². The van der Waals surface area contributed by atoms with Crippen LogP contribution in [0, 0.1) is 13.8 Å². The molecule has 22 heavy (non-hydrogen) atoms. The third-order valence-electron chi connectivity index (χ3n) is 2.89. The summed E-state index contributed by atoms with van der Waals surface area (Å²) in [5.41, 5.74) is 5.82. The van der Waals surface area contributed by atoms with Crippen LogP contribution in [0.3, 0.4) is 0 Å². The minimum atomic E-state index is -1.00. The molecule has 0 aliphatic carbocycles. The summed E-state index contributed by atoms with van der Waals surface area (Å²) in [7, 11) is 0. The molecular weight excluding hydrogens is 292 g/mol. The van der Waals surface area contributed by atoms with E-state index in [0.717, 1.165) is 0 Å². The summed E-state index contributed by atoms with van der Waals surface area (Å²) in [5.74, 6) is -0.637. The Morgan fingerprint density at radius 1 is 1.36 bits per heavy atom. The maximum Gasteiger partial charge on any atom is 0.346 e. The van der Waals surface area contributed by atoms with E-state index < -0.39 is 18.0 Å². The van der Waals surface area contributed by atoms with Crippen molar-refractivity contribution in [1.29, 1.82) is 0 Å². The Balaban J connectivity index is 2.05. The Morgan fingerprint density at radius 3 is 2.59 bits per heavy atom. The normalized spacial score (nSPS) is 12.0. The standard InChI is InChI=1S/C13H16N4O5/c1-4-8(12(18)15-9-5-6(2)21-17-9)20-13(19)10-7(3)16-22-11(10)14/h5,8H,4,14H2,1-3H3,(H,15,17,18). The zero-order chi connectivity index (χ0) is 16.3. The SMILES string of the molecule is CCC(OC(=O)c1c(C)noc1N)C(=O)Nc1cc(C)on1. The maximum absolute atomic E-state index is 12.1. The summed E-state index contributed by atoms with van der Waals surface area (Å²) >= 11 is 0. The van der Waals surface area contributed by atoms with E-state index in [4.69, 9.17) is 19.5 Å². The average Bonchev–Trinajstić information content (AvgIpc) is 3.01. The number of hydrogen-bond acceptors (Lipinski definition) is 8. The lowest BCUT2D eigenvalue weighted by atomic mass is 10.2. The van der Waals surface area contributed by atoms with Crippen LogP contribution in [0.2, 0.25) is 0 Å². The van der Waals surface area contributed by atoms with Gasteiger partial charge in [0.15, 0.2) is 11.9 Å². The molecule has 0 aliphatic heterocycles. The second-order valence-corrected chi connectivity index (χ2v) is 4.62. The summed E-state index contributed by atoms with van der Waals surface area (Å²) in [6.45, 7) is 4.95. The van der Waals surface area contributed by atoms with Crippen molar-refractivity contribution in [3.05, 3.63) is 23.1 Å². The Morgan fingerprint density at radius 2 is 2.09 bits per heavy atom. The van der Waals surface area contributed by atoms with Crippen LogP contribution in [-0.2, 0) is 9.53 Å². The van der Waals surface area contributed by atoms with Gasteiger partial charge in [0.05, 0.1) is 5.69 Å². The van der Waals surface area contributed by atoms with Crippen molar-refractivity contribution >= 4 is 23.6 Å². The molecule has 0 spiro atoms. The molecular formula is C13H16N4O5. The minimum Gasteiger partial charge on any atom is -0.448 e. The van der Waals surface area contributed by atoms with E-state index in [2.05, 4.69) is 15.6 Å². The van der Waals surface area contributed by atoms with Crippen molar-refractivity contribution in [1.82, 2.24) is 10.3 Å². The number of nitrogen functional groups attached to an aromatic ring is 1. The Hall–Kier alpha value is -2.84. The van der Waals surface area contributed by atoms with Crippen molar-refractivity contribution in [2.24, 2.45) is 0 Å². The quantitative estimate of drug-likeness (QED) is 0.792. The van der Waals surface area contributed by atoms with E-state index in [-0.39, 0.29) is 23.7 Å². The number of carbonyl (C=O) groups is 2. The van der Waals surface area contributed by atoms with Gasteiger partial charge in [0.25, 0.3) is 5.91 Å². The summed E-state index contributed by atoms with van der Waals surface area (Å²) < 4.78 is 14.7. The van der Waals surface area contributed by atoms with E-state index >= 15 is 0 Å². The van der Waals surface area contributed by atoms with Crippen LogP contribution in [-0.4, -0.2) is 28.3 Å². The number of nitrogens with two attached hydrogens (primary N) is 1. The smallest absolute Gasteiger partial charge is 0.346 e. The fraction of sp³-hybridized carbons (Fsp3) is 0.385. The molecule has 2 rings (SSSR count). The first-order valence-corrected chi connectivity index (χ1v) is 6.59. The molecule has 9 nitrogen and oxygen atoms in total. The van der Waals surface area contributed by atoms with Gasteiger partial charge in [-0.3, -0.25) is 4.79 Å². The van der Waals surface area contributed by atoms with Crippen LogP contribution in [0.1, 0.15) is 35.2 Å². The third kappa shape index (κ3) is 3.25. The molecule has 0 saturated heterocycles. The Labute approximate surface area is 125 Å². The second-order valence-electron chi connectivity index (χ2n) is 4.62. The van der Waals surface area contributed by atoms with Gasteiger partial charge < -0.3 is 24.8 Å². The zero-order valence-electron chi connectivity index (χ0n) is 12.4. The first kappa shape index (κ1) is 15.5. The van der Waals surface area contributed by atoms with Gasteiger partial charge in [0, 0.05) is 6.07 Å². The van der Waals surface area contributed by atoms with E-state index in [9.17, 15) is 9.59 Å². The van der Waals surface area contributed by atoms with Crippen molar-refractivity contribution in [3.63, 3.8) is 0 Å². The van der Waals surface area contributed by atoms with Crippen molar-refractivity contribution in [3.8, 4) is 0 Å². The number of hydrogen-bond donors (Lipinski definition) is 2. The largest absolute Gasteiger partial charge is 0.448 e. The number of nitrogens with zero attached hydrogens (tertiary/aromatic N) is 2. The molecule has 0 saturated carbocycles. The number of nitrogens with one attached hydrogen (secondary N) is 1. The van der Waals surface area contributed by atoms with E-state index in [1.54, 1.807) is 26.8 Å². The van der Waals surface area contributed by atoms with E-state index in [0.29, 0.717) is 11.5 Å². The molecule has 1 atom stereocenters. The molecule has 1 amide bonds. The van der Waals surface area contributed by atoms with Crippen LogP contribution < -0.4 is 11.1 Å². The van der Waals surface area contributed by atoms with Gasteiger partial charge in [-0.2, -0.15) is 0 Å². The molecule has 9 heteroatoms. The molecule has 2 aromatic heterocycles. The molecule has 3 N–H and O–H groups in total. The number of ether oxygens (including phenoxy) is 1. The van der Waals surface area contributed by atoms with Gasteiger partial charge in [-0.1, -0.05) is 17.2 Å². The van der Waals surface area contributed by atoms with Gasteiger partial charge in [0.1, 0.15) is 11.3 Å². The maximum atomic E-state index is 12.1. The highest BCUT2D eigenvalue weighted by molar-refractivity contribution is 5.99. The molecule has 118 valence electrons. The number of carbonyl (C=O) groups excluding carboxylic acids is 2. The van der Waals surface area contributed by atoms with Gasteiger partial charge >= 0.3 is 5.97 Å². The minimum absolute atomic E-state index is 0.0172. The predicted molar refractivity (Wildman–Crippen MR) is 75.0 cm³/mol. The highest BCUT2D eigenvalue weighted by atomic mass is 16.6. The molecule has 0 aliphatic rings. The van der Waals surface area contributed by atoms with Gasteiger partial charge in [0.2, 0.25) is 5.88 Å². The Bertz CT molecular complexity index is 671. The second kappa shape index (κ2) is 6.29. The number of aryl methyl sites for hydroxylation is 2. The number of rotatable bonds is 5. The zero-order valence-corrected chi connectivity index (χ0v) is 12.4. The van der Waals surface area contributed by atoms with Crippen LogP contribution in [0.25, 0.3) is 0 Å². The van der Waals surface area contributed by atoms with Gasteiger partial charge in [-0.05, 0) is 20.3 Å². The molecule has 0 aromatic carbocycles. The van der Waals surface area contributed by atoms with Gasteiger partial charge in [-0.25, -0.2) is 4.79 Å². The van der Waals surface area contributed by atoms with E-state index in [1.807, 2.05) is 0 Å². The first-order valence-electron chi connectivity index (χ1n) is 6.59. The molecule has 1 unspecified atom stereocenters. The molecule has 2 heterocycles. The fourth-order valence-corrected chi connectivity index (χ4v) is 1.78. The van der Waals surface area contributed by atoms with Crippen molar-refractivity contribution in [2.75, 3.05) is 11.1 Å². The lowest BCUT2D eigenvalue weighted by Gasteiger charge is -2.14. The number of aromatic nitrogens is 2. The number of anilines is 2. The molecule has 2 aromatic rings. The monoisotopic (exact) mass is 308 g/mol. The Kier molecular flexibility index (Phi) is 4.44. The van der Waals surface area contributed by atoms with Crippen LogP contribution in [0.4, 0.5) is 11.7 Å². The topological polar surface area (TPSA) is 133 Å². The lowest BCUT2D eigenvalue weighted by molar-refractivity contribution is -0.124. The summed E-state index contributed by atoms with van der Waals surface area (Å²) in [6, 6.07) is 1.55. The predicted octanol–water partition coefficient (Wildman–Crippen LogP) is 1.44. The summed E-state index contributed by atoms with van der Waals surface area (Å²) in [6.07, 6.45) is -0.725. The fourth-order valence-electron chi connectivity index (χ4n) is 1.78. The average molecular weight is 308 g/mol. The van der Waals surface area contributed by atoms with E-state index in [1.165, 1.54) is 0 Å². The number of esters is 1. The highest BCUT2D eigenvalue weighted by Gasteiger charge is 2.27. The van der Waals surface area contributed by atoms with Gasteiger partial charge in [-0.15, -0.1) is 0 Å². The highest BCUT2D eigenvalue weighted by Crippen LogP contribution is 2.18. The van der Waals surface area contributed by atoms with Crippen LogP contribution in [0.5, 0.6) is 0 Å². The first-order chi connectivity index (χ1) is 10.4. The van der Waals surface area contributed by atoms with Crippen LogP contribution in [0.15, 0.2) is 15.1 Å².